The number of aromatic nitrogens is 4. The van der Waals surface area contributed by atoms with E-state index in [9.17, 15) is 23.1 Å². The third-order valence-corrected chi connectivity index (χ3v) is 6.79. The third kappa shape index (κ3) is 5.56. The standard InChI is InChI=1S/C28H25F3N6O2/c1-16-5-7-20(35-27(39)18-3-2-4-19(13-18)28(29,30)31)14-17(16)6-12-23-24-25(32)33-15-34-26(24)37(36-23)21-8-10-22(38)11-9-21/h2-5,7,13-15,21-22,38H,8-11H2,1H3,(H,35,39)(H2,32,33,34). The van der Waals surface area contributed by atoms with Crippen molar-refractivity contribution in [3.8, 4) is 11.8 Å². The zero-order valence-electron chi connectivity index (χ0n) is 21.0. The van der Waals surface area contributed by atoms with Crippen LogP contribution < -0.4 is 11.1 Å². The molecule has 1 aliphatic rings. The van der Waals surface area contributed by atoms with Crippen molar-refractivity contribution in [3.63, 3.8) is 0 Å². The molecule has 0 radical (unpaired) electrons. The molecule has 0 atom stereocenters. The summed E-state index contributed by atoms with van der Waals surface area (Å²) in [4.78, 5) is 21.1. The monoisotopic (exact) mass is 534 g/mol. The Kier molecular flexibility index (Phi) is 6.97. The predicted octanol–water partition coefficient (Wildman–Crippen LogP) is 4.86. The molecule has 8 nitrogen and oxygen atoms in total. The van der Waals surface area contributed by atoms with Gasteiger partial charge in [-0.3, -0.25) is 4.79 Å². The quantitative estimate of drug-likeness (QED) is 0.323. The number of anilines is 2. The fourth-order valence-electron chi connectivity index (χ4n) is 4.64. The van der Waals surface area contributed by atoms with Crippen molar-refractivity contribution < 1.29 is 23.1 Å². The number of hydrogen-bond donors (Lipinski definition) is 3. The topological polar surface area (TPSA) is 119 Å². The van der Waals surface area contributed by atoms with Gasteiger partial charge in [-0.25, -0.2) is 14.6 Å². The number of nitrogens with one attached hydrogen (secondary N) is 1. The molecule has 0 saturated heterocycles. The van der Waals surface area contributed by atoms with E-state index in [4.69, 9.17) is 10.8 Å². The van der Waals surface area contributed by atoms with Crippen molar-refractivity contribution in [3.05, 3.63) is 76.7 Å². The van der Waals surface area contributed by atoms with Gasteiger partial charge in [0, 0.05) is 16.8 Å². The summed E-state index contributed by atoms with van der Waals surface area (Å²) in [5.41, 5.74) is 7.94. The number of aliphatic hydroxyl groups is 1. The SMILES string of the molecule is Cc1ccc(NC(=O)c2cccc(C(F)(F)F)c2)cc1C#Cc1nn(C2CCC(O)CC2)c2ncnc(N)c12. The number of carbonyl (C=O) groups excluding carboxylic acids is 1. The average molecular weight is 535 g/mol. The summed E-state index contributed by atoms with van der Waals surface area (Å²) < 4.78 is 40.9. The van der Waals surface area contributed by atoms with Crippen LogP contribution in [0.5, 0.6) is 0 Å². The van der Waals surface area contributed by atoms with Crippen LogP contribution in [0.25, 0.3) is 11.0 Å². The molecular weight excluding hydrogens is 509 g/mol. The molecule has 1 fully saturated rings. The van der Waals surface area contributed by atoms with Crippen molar-refractivity contribution in [1.29, 1.82) is 0 Å². The van der Waals surface area contributed by atoms with Gasteiger partial charge in [-0.1, -0.05) is 18.1 Å². The van der Waals surface area contributed by atoms with Gasteiger partial charge in [0.15, 0.2) is 5.65 Å². The molecular formula is C28H25F3N6O2. The lowest BCUT2D eigenvalue weighted by Gasteiger charge is -2.25. The van der Waals surface area contributed by atoms with Gasteiger partial charge in [-0.05, 0) is 74.4 Å². The summed E-state index contributed by atoms with van der Waals surface area (Å²) >= 11 is 0. The summed E-state index contributed by atoms with van der Waals surface area (Å²) in [6.07, 6.45) is -0.634. The molecule has 0 spiro atoms. The van der Waals surface area contributed by atoms with Crippen molar-refractivity contribution in [2.45, 2.75) is 50.9 Å². The second kappa shape index (κ2) is 10.4. The van der Waals surface area contributed by atoms with Gasteiger partial charge >= 0.3 is 6.18 Å². The lowest BCUT2D eigenvalue weighted by Crippen LogP contribution is -2.22. The molecule has 5 rings (SSSR count). The Bertz CT molecular complexity index is 1610. The number of aliphatic hydroxyl groups excluding tert-OH is 1. The molecule has 0 bridgehead atoms. The first kappa shape index (κ1) is 26.2. The van der Waals surface area contributed by atoms with Crippen LogP contribution in [0.4, 0.5) is 24.7 Å². The Hall–Kier alpha value is -4.43. The van der Waals surface area contributed by atoms with E-state index >= 15 is 0 Å². The minimum Gasteiger partial charge on any atom is -0.393 e. The summed E-state index contributed by atoms with van der Waals surface area (Å²) in [7, 11) is 0. The van der Waals surface area contributed by atoms with Gasteiger partial charge in [-0.15, -0.1) is 0 Å². The van der Waals surface area contributed by atoms with Crippen LogP contribution in [-0.2, 0) is 6.18 Å². The summed E-state index contributed by atoms with van der Waals surface area (Å²) in [5, 5.41) is 17.8. The largest absolute Gasteiger partial charge is 0.416 e. The fourth-order valence-corrected chi connectivity index (χ4v) is 4.64. The number of nitrogens with zero attached hydrogens (tertiary/aromatic N) is 4. The lowest BCUT2D eigenvalue weighted by molar-refractivity contribution is -0.137. The highest BCUT2D eigenvalue weighted by Crippen LogP contribution is 2.32. The van der Waals surface area contributed by atoms with Crippen LogP contribution in [0.2, 0.25) is 0 Å². The van der Waals surface area contributed by atoms with E-state index in [0.717, 1.165) is 30.5 Å². The second-order valence-corrected chi connectivity index (χ2v) is 9.53. The lowest BCUT2D eigenvalue weighted by atomic mass is 9.93. The van der Waals surface area contributed by atoms with E-state index in [1.807, 2.05) is 11.6 Å². The number of nitrogens with two attached hydrogens (primary N) is 1. The Morgan fingerprint density at radius 2 is 1.87 bits per heavy atom. The van der Waals surface area contributed by atoms with Crippen LogP contribution in [-0.4, -0.2) is 36.9 Å². The van der Waals surface area contributed by atoms with Crippen LogP contribution in [0, 0.1) is 18.8 Å². The number of aryl methyl sites for hydroxylation is 1. The molecule has 2 heterocycles. The van der Waals surface area contributed by atoms with Crippen molar-refractivity contribution in [1.82, 2.24) is 19.7 Å². The maximum absolute atomic E-state index is 13.0. The molecule has 1 amide bonds. The van der Waals surface area contributed by atoms with Crippen molar-refractivity contribution >= 4 is 28.4 Å². The molecule has 0 unspecified atom stereocenters. The first-order valence-corrected chi connectivity index (χ1v) is 12.4. The van der Waals surface area contributed by atoms with E-state index in [0.29, 0.717) is 40.8 Å². The first-order chi connectivity index (χ1) is 18.6. The number of carbonyl (C=O) groups is 1. The molecule has 0 aliphatic heterocycles. The zero-order chi connectivity index (χ0) is 27.7. The van der Waals surface area contributed by atoms with Crippen molar-refractivity contribution in [2.75, 3.05) is 11.1 Å². The van der Waals surface area contributed by atoms with E-state index in [1.54, 1.807) is 18.2 Å². The molecule has 1 saturated carbocycles. The minimum absolute atomic E-state index is 0.0527. The average Bonchev–Trinajstić information content (AvgIpc) is 3.29. The van der Waals surface area contributed by atoms with Crippen LogP contribution in [0.15, 0.2) is 48.8 Å². The summed E-state index contributed by atoms with van der Waals surface area (Å²) in [6.45, 7) is 1.85. The van der Waals surface area contributed by atoms with E-state index < -0.39 is 17.6 Å². The number of rotatable bonds is 3. The highest BCUT2D eigenvalue weighted by molar-refractivity contribution is 6.04. The van der Waals surface area contributed by atoms with E-state index in [2.05, 4.69) is 27.1 Å². The maximum Gasteiger partial charge on any atom is 0.416 e. The van der Waals surface area contributed by atoms with Gasteiger partial charge < -0.3 is 16.2 Å². The number of fused-ring (bicyclic) bond motifs is 1. The van der Waals surface area contributed by atoms with Gasteiger partial charge in [0.25, 0.3) is 5.91 Å². The van der Waals surface area contributed by atoms with Crippen molar-refractivity contribution in [2.24, 2.45) is 0 Å². The fraction of sp³-hybridized carbons (Fsp3) is 0.286. The van der Waals surface area contributed by atoms with E-state index in [1.165, 1.54) is 18.5 Å². The Morgan fingerprint density at radius 1 is 1.10 bits per heavy atom. The molecule has 2 aromatic carbocycles. The number of benzene rings is 2. The van der Waals surface area contributed by atoms with Gasteiger partial charge in [-0.2, -0.15) is 18.3 Å². The number of halogens is 3. The Labute approximate surface area is 222 Å². The van der Waals surface area contributed by atoms with Gasteiger partial charge in [0.05, 0.1) is 23.1 Å². The predicted molar refractivity (Wildman–Crippen MR) is 140 cm³/mol. The number of amides is 1. The molecule has 2 aromatic heterocycles. The molecule has 4 aromatic rings. The molecule has 1 aliphatic carbocycles. The Morgan fingerprint density at radius 3 is 2.62 bits per heavy atom. The molecule has 39 heavy (non-hydrogen) atoms. The zero-order valence-corrected chi connectivity index (χ0v) is 21.0. The smallest absolute Gasteiger partial charge is 0.393 e. The number of hydrogen-bond acceptors (Lipinski definition) is 6. The summed E-state index contributed by atoms with van der Waals surface area (Å²) in [6, 6.07) is 9.35. The van der Waals surface area contributed by atoms with Gasteiger partial charge in [0.1, 0.15) is 17.8 Å². The Balaban J connectivity index is 1.44. The van der Waals surface area contributed by atoms with Gasteiger partial charge in [0.2, 0.25) is 0 Å². The van der Waals surface area contributed by atoms with Crippen LogP contribution in [0.1, 0.15) is 64.5 Å². The third-order valence-electron chi connectivity index (χ3n) is 6.79. The molecule has 200 valence electrons. The number of alkyl halides is 3. The molecule has 4 N–H and O–H groups in total. The van der Waals surface area contributed by atoms with Crippen LogP contribution >= 0.6 is 0 Å². The maximum atomic E-state index is 13.0. The second-order valence-electron chi connectivity index (χ2n) is 9.53. The normalized spacial score (nSPS) is 17.5. The molecule has 11 heteroatoms. The van der Waals surface area contributed by atoms with E-state index in [-0.39, 0.29) is 23.5 Å². The summed E-state index contributed by atoms with van der Waals surface area (Å²) in [5.74, 6) is 5.72. The highest BCUT2D eigenvalue weighted by Gasteiger charge is 2.31. The number of nitrogen functional groups attached to an aromatic ring is 1. The minimum atomic E-state index is -4.55. The first-order valence-electron chi connectivity index (χ1n) is 12.4. The highest BCUT2D eigenvalue weighted by atomic mass is 19.4. The van der Waals surface area contributed by atoms with Crippen LogP contribution in [0.3, 0.4) is 0 Å².